The number of aliphatic hydroxyl groups is 1. The van der Waals surface area contributed by atoms with E-state index in [9.17, 15) is 9.90 Å². The van der Waals surface area contributed by atoms with E-state index in [-0.39, 0.29) is 17.9 Å². The lowest BCUT2D eigenvalue weighted by atomic mass is 9.86. The Hall–Kier alpha value is -1.07. The van der Waals surface area contributed by atoms with Crippen molar-refractivity contribution < 1.29 is 14.6 Å². The minimum absolute atomic E-state index is 0.145. The predicted octanol–water partition coefficient (Wildman–Crippen LogP) is 2.74. The van der Waals surface area contributed by atoms with Gasteiger partial charge in [0.2, 0.25) is 0 Å². The van der Waals surface area contributed by atoms with E-state index in [1.165, 1.54) is 0 Å². The smallest absolute Gasteiger partial charge is 0.252 e. The topological polar surface area (TPSA) is 58.6 Å². The summed E-state index contributed by atoms with van der Waals surface area (Å²) in [7, 11) is 1.57. The molecule has 110 valence electrons. The van der Waals surface area contributed by atoms with Crippen molar-refractivity contribution in [3.63, 3.8) is 0 Å². The van der Waals surface area contributed by atoms with Gasteiger partial charge in [-0.3, -0.25) is 4.79 Å². The van der Waals surface area contributed by atoms with E-state index < -0.39 is 0 Å². The Balaban J connectivity index is 1.97. The van der Waals surface area contributed by atoms with Gasteiger partial charge < -0.3 is 15.2 Å². The van der Waals surface area contributed by atoms with Crippen molar-refractivity contribution in [2.45, 2.75) is 31.8 Å². The minimum Gasteiger partial charge on any atom is -0.497 e. The molecule has 5 heteroatoms. The van der Waals surface area contributed by atoms with Crippen molar-refractivity contribution in [1.82, 2.24) is 5.32 Å². The first kappa shape index (κ1) is 15.3. The zero-order valence-corrected chi connectivity index (χ0v) is 13.1. The molecular weight excluding hydrogens is 322 g/mol. The first-order chi connectivity index (χ1) is 9.61. The number of methoxy groups -OCH3 is 1. The molecule has 1 aromatic rings. The number of carbonyl (C=O) groups is 1. The summed E-state index contributed by atoms with van der Waals surface area (Å²) in [6, 6.07) is 5.30. The third-order valence-corrected chi connectivity index (χ3v) is 4.50. The van der Waals surface area contributed by atoms with Gasteiger partial charge in [-0.1, -0.05) is 12.8 Å². The summed E-state index contributed by atoms with van der Waals surface area (Å²) in [5.41, 5.74) is 0.551. The van der Waals surface area contributed by atoms with Crippen LogP contribution in [0.5, 0.6) is 5.75 Å². The normalized spacial score (nSPS) is 22.4. The van der Waals surface area contributed by atoms with E-state index in [4.69, 9.17) is 4.74 Å². The molecule has 0 spiro atoms. The molecule has 4 nitrogen and oxygen atoms in total. The number of rotatable bonds is 4. The second kappa shape index (κ2) is 7.09. The first-order valence-electron chi connectivity index (χ1n) is 6.91. The van der Waals surface area contributed by atoms with Gasteiger partial charge in [-0.2, -0.15) is 0 Å². The molecule has 1 saturated carbocycles. The number of hydrogen-bond donors (Lipinski definition) is 2. The highest BCUT2D eigenvalue weighted by atomic mass is 79.9. The van der Waals surface area contributed by atoms with Crippen molar-refractivity contribution in [2.75, 3.05) is 13.7 Å². The molecule has 0 saturated heterocycles. The third kappa shape index (κ3) is 3.73. The molecule has 1 amide bonds. The van der Waals surface area contributed by atoms with Gasteiger partial charge in [-0.25, -0.2) is 0 Å². The van der Waals surface area contributed by atoms with Gasteiger partial charge >= 0.3 is 0 Å². The summed E-state index contributed by atoms with van der Waals surface area (Å²) in [5, 5.41) is 12.8. The average molecular weight is 342 g/mol. The second-order valence-corrected chi connectivity index (χ2v) is 6.02. The molecule has 0 unspecified atom stereocenters. The number of halogens is 1. The monoisotopic (exact) mass is 341 g/mol. The number of carbonyl (C=O) groups excluding carboxylic acids is 1. The molecule has 2 atom stereocenters. The van der Waals surface area contributed by atoms with Crippen LogP contribution in [0.25, 0.3) is 0 Å². The summed E-state index contributed by atoms with van der Waals surface area (Å²) in [4.78, 5) is 12.2. The molecule has 0 heterocycles. The Labute approximate surface area is 127 Å². The van der Waals surface area contributed by atoms with E-state index in [2.05, 4.69) is 21.2 Å². The van der Waals surface area contributed by atoms with Gasteiger partial charge in [0, 0.05) is 16.9 Å². The zero-order chi connectivity index (χ0) is 14.5. The molecule has 1 aliphatic rings. The lowest BCUT2D eigenvalue weighted by molar-refractivity contribution is 0.0662. The second-order valence-electron chi connectivity index (χ2n) is 5.17. The lowest BCUT2D eigenvalue weighted by Gasteiger charge is -2.27. The predicted molar refractivity (Wildman–Crippen MR) is 81.0 cm³/mol. The Morgan fingerprint density at radius 1 is 1.45 bits per heavy atom. The van der Waals surface area contributed by atoms with Crippen LogP contribution in [0.3, 0.4) is 0 Å². The van der Waals surface area contributed by atoms with Crippen LogP contribution in [-0.2, 0) is 0 Å². The summed E-state index contributed by atoms with van der Waals surface area (Å²) >= 11 is 3.37. The van der Waals surface area contributed by atoms with Crippen LogP contribution in [0.1, 0.15) is 36.0 Å². The number of benzene rings is 1. The summed E-state index contributed by atoms with van der Waals surface area (Å²) in [5.74, 6) is 0.668. The highest BCUT2D eigenvalue weighted by molar-refractivity contribution is 9.10. The average Bonchev–Trinajstić information content (AvgIpc) is 2.46. The van der Waals surface area contributed by atoms with Crippen molar-refractivity contribution in [2.24, 2.45) is 5.92 Å². The van der Waals surface area contributed by atoms with Crippen molar-refractivity contribution in [1.29, 1.82) is 0 Å². The SMILES string of the molecule is COc1ccc(Br)c(C(=O)NC[C@@H]2CCCC[C@H]2O)c1. The molecular formula is C15H20BrNO3. The number of aliphatic hydroxyl groups excluding tert-OH is 1. The number of ether oxygens (including phenoxy) is 1. The lowest BCUT2D eigenvalue weighted by Crippen LogP contribution is -2.36. The largest absolute Gasteiger partial charge is 0.497 e. The third-order valence-electron chi connectivity index (χ3n) is 3.81. The van der Waals surface area contributed by atoms with Gasteiger partial charge in [0.05, 0.1) is 18.8 Å². The van der Waals surface area contributed by atoms with Gasteiger partial charge in [0.15, 0.2) is 0 Å². The van der Waals surface area contributed by atoms with Gasteiger partial charge in [0.1, 0.15) is 5.75 Å². The fourth-order valence-electron chi connectivity index (χ4n) is 2.55. The van der Waals surface area contributed by atoms with E-state index >= 15 is 0 Å². The van der Waals surface area contributed by atoms with Crippen LogP contribution >= 0.6 is 15.9 Å². The number of nitrogens with one attached hydrogen (secondary N) is 1. The van der Waals surface area contributed by atoms with E-state index in [0.717, 1.165) is 30.2 Å². The molecule has 1 aromatic carbocycles. The van der Waals surface area contributed by atoms with E-state index in [1.54, 1.807) is 25.3 Å². The van der Waals surface area contributed by atoms with Crippen LogP contribution in [-0.4, -0.2) is 30.8 Å². The first-order valence-corrected chi connectivity index (χ1v) is 7.71. The fraction of sp³-hybridized carbons (Fsp3) is 0.533. The molecule has 0 bridgehead atoms. The highest BCUT2D eigenvalue weighted by Crippen LogP contribution is 2.25. The maximum atomic E-state index is 12.2. The molecule has 0 aromatic heterocycles. The minimum atomic E-state index is -0.294. The number of amides is 1. The van der Waals surface area contributed by atoms with E-state index in [1.807, 2.05) is 0 Å². The fourth-order valence-corrected chi connectivity index (χ4v) is 2.98. The quantitative estimate of drug-likeness (QED) is 0.885. The van der Waals surface area contributed by atoms with Crippen LogP contribution in [0.2, 0.25) is 0 Å². The molecule has 1 aliphatic carbocycles. The number of hydrogen-bond acceptors (Lipinski definition) is 3. The van der Waals surface area contributed by atoms with Crippen molar-refractivity contribution in [3.8, 4) is 5.75 Å². The molecule has 20 heavy (non-hydrogen) atoms. The van der Waals surface area contributed by atoms with Crippen LogP contribution < -0.4 is 10.1 Å². The molecule has 0 radical (unpaired) electrons. The zero-order valence-electron chi connectivity index (χ0n) is 11.6. The van der Waals surface area contributed by atoms with Crippen LogP contribution in [0.15, 0.2) is 22.7 Å². The van der Waals surface area contributed by atoms with Gasteiger partial charge in [-0.05, 0) is 47.0 Å². The van der Waals surface area contributed by atoms with E-state index in [0.29, 0.717) is 17.9 Å². The summed E-state index contributed by atoms with van der Waals surface area (Å²) < 4.78 is 5.87. The summed E-state index contributed by atoms with van der Waals surface area (Å²) in [6.45, 7) is 0.518. The Bertz CT molecular complexity index is 478. The highest BCUT2D eigenvalue weighted by Gasteiger charge is 2.23. The van der Waals surface area contributed by atoms with Gasteiger partial charge in [-0.15, -0.1) is 0 Å². The molecule has 0 aliphatic heterocycles. The Kier molecular flexibility index (Phi) is 5.43. The summed E-state index contributed by atoms with van der Waals surface area (Å²) in [6.07, 6.45) is 3.72. The molecule has 2 rings (SSSR count). The maximum absolute atomic E-state index is 12.2. The Morgan fingerprint density at radius 3 is 2.90 bits per heavy atom. The Morgan fingerprint density at radius 2 is 2.20 bits per heavy atom. The van der Waals surface area contributed by atoms with Crippen LogP contribution in [0, 0.1) is 5.92 Å². The maximum Gasteiger partial charge on any atom is 0.252 e. The van der Waals surface area contributed by atoms with Gasteiger partial charge in [0.25, 0.3) is 5.91 Å². The molecule has 2 N–H and O–H groups in total. The standard InChI is InChI=1S/C15H20BrNO3/c1-20-11-6-7-13(16)12(8-11)15(19)17-9-10-4-2-3-5-14(10)18/h6-8,10,14,18H,2-5,9H2,1H3,(H,17,19)/t10-,14+/m0/s1. The van der Waals surface area contributed by atoms with Crippen LogP contribution in [0.4, 0.5) is 0 Å². The van der Waals surface area contributed by atoms with Crippen molar-refractivity contribution in [3.05, 3.63) is 28.2 Å². The molecule has 1 fully saturated rings. The van der Waals surface area contributed by atoms with Crippen molar-refractivity contribution >= 4 is 21.8 Å².